The fourth-order valence-corrected chi connectivity index (χ4v) is 2.95. The molecule has 0 amide bonds. The van der Waals surface area contributed by atoms with Crippen LogP contribution in [0.15, 0.2) is 36.4 Å². The maximum absolute atomic E-state index is 11.0. The monoisotopic (exact) mass is 255 g/mol. The van der Waals surface area contributed by atoms with Crippen molar-refractivity contribution in [1.29, 1.82) is 0 Å². The number of nitrogens with one attached hydrogen (secondary N) is 1. The normalized spacial score (nSPS) is 17.4. The van der Waals surface area contributed by atoms with Gasteiger partial charge in [-0.15, -0.1) is 0 Å². The summed E-state index contributed by atoms with van der Waals surface area (Å²) in [6, 6.07) is 12.2. The molecule has 0 aliphatic heterocycles. The van der Waals surface area contributed by atoms with Crippen molar-refractivity contribution in [2.45, 2.75) is 31.6 Å². The lowest BCUT2D eigenvalue weighted by molar-refractivity contribution is 0.0691. The first-order valence-corrected chi connectivity index (χ1v) is 6.73. The molecule has 98 valence electrons. The molecule has 0 bridgehead atoms. The summed E-state index contributed by atoms with van der Waals surface area (Å²) in [6.07, 6.45) is 4.26. The highest BCUT2D eigenvalue weighted by atomic mass is 16.4. The number of benzene rings is 1. The van der Waals surface area contributed by atoms with Crippen LogP contribution in [0.4, 0.5) is 0 Å². The summed E-state index contributed by atoms with van der Waals surface area (Å²) in [7, 11) is 0. The van der Waals surface area contributed by atoms with Gasteiger partial charge in [-0.25, -0.2) is 4.79 Å². The Bertz CT molecular complexity index is 586. The Kier molecular flexibility index (Phi) is 3.11. The molecule has 3 heteroatoms. The standard InChI is InChI=1S/C16H17NO2/c18-16(19)14-10-13-9-8-12(15(13)17-14)7-6-11-4-2-1-3-5-11/h1-5,10,12,17H,6-9H2,(H,18,19)/t12-/m1/s1. The lowest BCUT2D eigenvalue weighted by atomic mass is 9.97. The number of aromatic nitrogens is 1. The number of carbonyl (C=O) groups is 1. The minimum atomic E-state index is -0.865. The molecule has 1 aromatic heterocycles. The maximum Gasteiger partial charge on any atom is 0.352 e. The molecular formula is C16H17NO2. The van der Waals surface area contributed by atoms with Gasteiger partial charge < -0.3 is 10.1 Å². The Morgan fingerprint density at radius 2 is 2.11 bits per heavy atom. The summed E-state index contributed by atoms with van der Waals surface area (Å²) in [6.45, 7) is 0. The van der Waals surface area contributed by atoms with Crippen LogP contribution in [0, 0.1) is 0 Å². The van der Waals surface area contributed by atoms with Crippen LogP contribution in [0.1, 0.15) is 46.1 Å². The zero-order chi connectivity index (χ0) is 13.2. The molecule has 1 aromatic carbocycles. The van der Waals surface area contributed by atoms with E-state index in [4.69, 9.17) is 5.11 Å². The van der Waals surface area contributed by atoms with E-state index in [2.05, 4.69) is 29.2 Å². The van der Waals surface area contributed by atoms with E-state index in [1.807, 2.05) is 6.07 Å². The number of aryl methyl sites for hydroxylation is 2. The van der Waals surface area contributed by atoms with Gasteiger partial charge in [0.05, 0.1) is 0 Å². The first-order valence-electron chi connectivity index (χ1n) is 6.73. The van der Waals surface area contributed by atoms with Crippen molar-refractivity contribution >= 4 is 5.97 Å². The maximum atomic E-state index is 11.0. The van der Waals surface area contributed by atoms with Gasteiger partial charge in [0.1, 0.15) is 5.69 Å². The van der Waals surface area contributed by atoms with Crippen LogP contribution >= 0.6 is 0 Å². The smallest absolute Gasteiger partial charge is 0.352 e. The predicted molar refractivity (Wildman–Crippen MR) is 73.6 cm³/mol. The summed E-state index contributed by atoms with van der Waals surface area (Å²) in [5.41, 5.74) is 4.01. The summed E-state index contributed by atoms with van der Waals surface area (Å²) < 4.78 is 0. The SMILES string of the molecule is O=C(O)c1cc2c([nH]1)[C@H](CCc1ccccc1)CC2. The lowest BCUT2D eigenvalue weighted by Gasteiger charge is -2.10. The zero-order valence-electron chi connectivity index (χ0n) is 10.7. The third-order valence-corrected chi connectivity index (χ3v) is 3.96. The van der Waals surface area contributed by atoms with Gasteiger partial charge in [0.2, 0.25) is 0 Å². The van der Waals surface area contributed by atoms with Crippen LogP contribution in [0.25, 0.3) is 0 Å². The molecule has 0 saturated heterocycles. The van der Waals surface area contributed by atoms with E-state index < -0.39 is 5.97 Å². The van der Waals surface area contributed by atoms with Gasteiger partial charge >= 0.3 is 5.97 Å². The Balaban J connectivity index is 1.70. The lowest BCUT2D eigenvalue weighted by Crippen LogP contribution is -2.01. The number of aromatic amines is 1. The third kappa shape index (κ3) is 2.41. The van der Waals surface area contributed by atoms with E-state index in [1.165, 1.54) is 11.1 Å². The van der Waals surface area contributed by atoms with Gasteiger partial charge in [-0.2, -0.15) is 0 Å². The van der Waals surface area contributed by atoms with E-state index in [-0.39, 0.29) is 0 Å². The molecular weight excluding hydrogens is 238 g/mol. The van der Waals surface area contributed by atoms with Crippen LogP contribution in [-0.2, 0) is 12.8 Å². The van der Waals surface area contributed by atoms with E-state index in [0.29, 0.717) is 11.6 Å². The number of carboxylic acid groups (broad SMARTS) is 1. The minimum absolute atomic E-state index is 0.328. The molecule has 1 heterocycles. The van der Waals surface area contributed by atoms with E-state index in [0.717, 1.165) is 31.4 Å². The first kappa shape index (κ1) is 12.0. The quantitative estimate of drug-likeness (QED) is 0.880. The number of rotatable bonds is 4. The number of aromatic carboxylic acids is 1. The molecule has 2 N–H and O–H groups in total. The molecule has 3 nitrogen and oxygen atoms in total. The molecule has 0 saturated carbocycles. The molecule has 1 aliphatic rings. The molecule has 0 radical (unpaired) electrons. The molecule has 19 heavy (non-hydrogen) atoms. The fourth-order valence-electron chi connectivity index (χ4n) is 2.95. The van der Waals surface area contributed by atoms with Crippen molar-refractivity contribution in [3.8, 4) is 0 Å². The van der Waals surface area contributed by atoms with Crippen molar-refractivity contribution in [2.75, 3.05) is 0 Å². The Morgan fingerprint density at radius 3 is 2.84 bits per heavy atom. The highest BCUT2D eigenvalue weighted by Crippen LogP contribution is 2.36. The van der Waals surface area contributed by atoms with Crippen LogP contribution in [0.5, 0.6) is 0 Å². The molecule has 0 unspecified atom stereocenters. The van der Waals surface area contributed by atoms with Gasteiger partial charge in [0.15, 0.2) is 0 Å². The highest BCUT2D eigenvalue weighted by molar-refractivity contribution is 5.86. The molecule has 1 aliphatic carbocycles. The van der Waals surface area contributed by atoms with E-state index in [1.54, 1.807) is 6.07 Å². The minimum Gasteiger partial charge on any atom is -0.477 e. The third-order valence-electron chi connectivity index (χ3n) is 3.96. The highest BCUT2D eigenvalue weighted by Gasteiger charge is 2.26. The molecule has 3 rings (SSSR count). The van der Waals surface area contributed by atoms with Crippen molar-refractivity contribution < 1.29 is 9.90 Å². The van der Waals surface area contributed by atoms with Crippen molar-refractivity contribution in [2.24, 2.45) is 0 Å². The Morgan fingerprint density at radius 1 is 1.32 bits per heavy atom. The zero-order valence-corrected chi connectivity index (χ0v) is 10.7. The van der Waals surface area contributed by atoms with Gasteiger partial charge in [0, 0.05) is 5.69 Å². The van der Waals surface area contributed by atoms with Crippen molar-refractivity contribution in [3.05, 3.63) is 58.9 Å². The topological polar surface area (TPSA) is 53.1 Å². The number of hydrogen-bond donors (Lipinski definition) is 2. The van der Waals surface area contributed by atoms with Gasteiger partial charge in [-0.05, 0) is 48.8 Å². The average molecular weight is 255 g/mol. The van der Waals surface area contributed by atoms with E-state index in [9.17, 15) is 4.79 Å². The average Bonchev–Trinajstić information content (AvgIpc) is 2.98. The number of H-pyrrole nitrogens is 1. The Hall–Kier alpha value is -2.03. The number of fused-ring (bicyclic) bond motifs is 1. The summed E-state index contributed by atoms with van der Waals surface area (Å²) in [5, 5.41) is 9.01. The van der Waals surface area contributed by atoms with E-state index >= 15 is 0 Å². The largest absolute Gasteiger partial charge is 0.477 e. The van der Waals surface area contributed by atoms with Crippen LogP contribution in [0.3, 0.4) is 0 Å². The summed E-state index contributed by atoms with van der Waals surface area (Å²) in [4.78, 5) is 14.0. The van der Waals surface area contributed by atoms with Crippen LogP contribution in [-0.4, -0.2) is 16.1 Å². The second-order valence-corrected chi connectivity index (χ2v) is 5.19. The second kappa shape index (κ2) is 4.92. The molecule has 2 aromatic rings. The van der Waals surface area contributed by atoms with Crippen LogP contribution in [0.2, 0.25) is 0 Å². The molecule has 1 atom stereocenters. The summed E-state index contributed by atoms with van der Waals surface area (Å²) in [5.74, 6) is -0.389. The second-order valence-electron chi connectivity index (χ2n) is 5.19. The first-order chi connectivity index (χ1) is 9.24. The van der Waals surface area contributed by atoms with Crippen molar-refractivity contribution in [3.63, 3.8) is 0 Å². The number of carboxylic acids is 1. The van der Waals surface area contributed by atoms with Gasteiger partial charge in [0.25, 0.3) is 0 Å². The fraction of sp³-hybridized carbons (Fsp3) is 0.312. The number of hydrogen-bond acceptors (Lipinski definition) is 1. The molecule has 0 fully saturated rings. The Labute approximate surface area is 112 Å². The summed E-state index contributed by atoms with van der Waals surface area (Å²) >= 11 is 0. The van der Waals surface area contributed by atoms with Crippen molar-refractivity contribution in [1.82, 2.24) is 4.98 Å². The van der Waals surface area contributed by atoms with Gasteiger partial charge in [-0.3, -0.25) is 0 Å². The van der Waals surface area contributed by atoms with Gasteiger partial charge in [-0.1, -0.05) is 30.3 Å². The molecule has 0 spiro atoms. The van der Waals surface area contributed by atoms with Crippen LogP contribution < -0.4 is 0 Å². The predicted octanol–water partition coefficient (Wildman–Crippen LogP) is 3.38.